The van der Waals surface area contributed by atoms with E-state index in [4.69, 9.17) is 0 Å². The molecule has 0 saturated carbocycles. The molecule has 0 spiro atoms. The van der Waals surface area contributed by atoms with Crippen molar-refractivity contribution < 1.29 is 14.7 Å². The first-order chi connectivity index (χ1) is 13.0. The van der Waals surface area contributed by atoms with Crippen LogP contribution < -0.4 is 15.5 Å². The molecule has 2 aromatic carbocycles. The van der Waals surface area contributed by atoms with Crippen LogP contribution in [0, 0.1) is 0 Å². The zero-order valence-corrected chi connectivity index (χ0v) is 15.4. The summed E-state index contributed by atoms with van der Waals surface area (Å²) in [7, 11) is 2.04. The maximum Gasteiger partial charge on any atom is 0.309 e. The highest BCUT2D eigenvalue weighted by Gasteiger charge is 2.19. The predicted octanol–water partition coefficient (Wildman–Crippen LogP) is 1.19. The molecule has 0 saturated heterocycles. The van der Waals surface area contributed by atoms with Gasteiger partial charge in [0.25, 0.3) is 0 Å². The van der Waals surface area contributed by atoms with Gasteiger partial charge in [-0.25, -0.2) is 0 Å². The standard InChI is InChI=1S/C21H25N3O3/c1-24-12-10-16-13-17(7-8-18(16)24)19(25)14-23-21(27)20(26)22-11-9-15-5-3-2-4-6-15/h2-8,13,19,25H,9-12,14H2,1H3,(H,22,26)(H,23,27). The molecule has 3 rings (SSSR count). The van der Waals surface area contributed by atoms with Gasteiger partial charge in [0.05, 0.1) is 6.10 Å². The molecule has 142 valence electrons. The monoisotopic (exact) mass is 367 g/mol. The lowest BCUT2D eigenvalue weighted by Gasteiger charge is -2.15. The predicted molar refractivity (Wildman–Crippen MR) is 105 cm³/mol. The zero-order valence-electron chi connectivity index (χ0n) is 15.4. The lowest BCUT2D eigenvalue weighted by atomic mass is 10.0. The molecule has 1 atom stereocenters. The molecule has 3 N–H and O–H groups in total. The van der Waals surface area contributed by atoms with Crippen LogP contribution in [-0.2, 0) is 22.4 Å². The van der Waals surface area contributed by atoms with E-state index in [0.717, 1.165) is 24.1 Å². The van der Waals surface area contributed by atoms with Crippen LogP contribution in [0.15, 0.2) is 48.5 Å². The number of nitrogens with zero attached hydrogens (tertiary/aromatic N) is 1. The van der Waals surface area contributed by atoms with E-state index in [1.54, 1.807) is 0 Å². The lowest BCUT2D eigenvalue weighted by molar-refractivity contribution is -0.139. The molecule has 0 radical (unpaired) electrons. The van der Waals surface area contributed by atoms with Gasteiger partial charge in [-0.15, -0.1) is 0 Å². The summed E-state index contributed by atoms with van der Waals surface area (Å²) < 4.78 is 0. The highest BCUT2D eigenvalue weighted by molar-refractivity contribution is 6.35. The normalized spacial score (nSPS) is 13.8. The summed E-state index contributed by atoms with van der Waals surface area (Å²) >= 11 is 0. The van der Waals surface area contributed by atoms with Crippen LogP contribution in [-0.4, -0.2) is 43.6 Å². The van der Waals surface area contributed by atoms with E-state index in [1.165, 1.54) is 11.3 Å². The highest BCUT2D eigenvalue weighted by atomic mass is 16.3. The second-order valence-corrected chi connectivity index (χ2v) is 6.78. The number of anilines is 1. The second-order valence-electron chi connectivity index (χ2n) is 6.78. The van der Waals surface area contributed by atoms with Gasteiger partial charge in [-0.1, -0.05) is 42.5 Å². The molecular weight excluding hydrogens is 342 g/mol. The number of aliphatic hydroxyl groups excluding tert-OH is 1. The molecule has 0 aliphatic carbocycles. The highest BCUT2D eigenvalue weighted by Crippen LogP contribution is 2.29. The summed E-state index contributed by atoms with van der Waals surface area (Å²) in [5.41, 5.74) is 4.21. The molecule has 27 heavy (non-hydrogen) atoms. The molecule has 2 amide bonds. The van der Waals surface area contributed by atoms with Gasteiger partial charge in [0.2, 0.25) is 0 Å². The summed E-state index contributed by atoms with van der Waals surface area (Å²) in [6.07, 6.45) is 0.761. The quantitative estimate of drug-likeness (QED) is 0.670. The Hall–Kier alpha value is -2.86. The molecule has 1 aliphatic heterocycles. The van der Waals surface area contributed by atoms with E-state index >= 15 is 0 Å². The molecule has 1 heterocycles. The van der Waals surface area contributed by atoms with E-state index in [9.17, 15) is 14.7 Å². The molecule has 2 aromatic rings. The fourth-order valence-corrected chi connectivity index (χ4v) is 3.23. The number of amides is 2. The number of aliphatic hydroxyl groups is 1. The fraction of sp³-hybridized carbons (Fsp3) is 0.333. The molecule has 0 fully saturated rings. The maximum absolute atomic E-state index is 11.9. The number of rotatable bonds is 6. The summed E-state index contributed by atoms with van der Waals surface area (Å²) in [6.45, 7) is 1.35. The van der Waals surface area contributed by atoms with Crippen molar-refractivity contribution in [1.82, 2.24) is 10.6 Å². The number of likely N-dealkylation sites (N-methyl/N-ethyl adjacent to an activating group) is 1. The number of carbonyl (C=O) groups is 2. The van der Waals surface area contributed by atoms with Crippen molar-refractivity contribution in [2.75, 3.05) is 31.6 Å². The average molecular weight is 367 g/mol. The third-order valence-corrected chi connectivity index (χ3v) is 4.82. The van der Waals surface area contributed by atoms with Crippen molar-refractivity contribution in [3.05, 3.63) is 65.2 Å². The van der Waals surface area contributed by atoms with E-state index in [1.807, 2.05) is 55.6 Å². The zero-order chi connectivity index (χ0) is 19.2. The van der Waals surface area contributed by atoms with Crippen molar-refractivity contribution in [2.45, 2.75) is 18.9 Å². The van der Waals surface area contributed by atoms with Crippen LogP contribution in [0.2, 0.25) is 0 Å². The van der Waals surface area contributed by atoms with Crippen LogP contribution in [0.5, 0.6) is 0 Å². The molecule has 0 aromatic heterocycles. The smallest absolute Gasteiger partial charge is 0.309 e. The SMILES string of the molecule is CN1CCc2cc(C(O)CNC(=O)C(=O)NCCc3ccccc3)ccc21. The first-order valence-corrected chi connectivity index (χ1v) is 9.16. The Morgan fingerprint density at radius 2 is 1.85 bits per heavy atom. The number of hydrogen-bond donors (Lipinski definition) is 3. The Morgan fingerprint density at radius 3 is 2.63 bits per heavy atom. The van der Waals surface area contributed by atoms with Crippen LogP contribution in [0.3, 0.4) is 0 Å². The summed E-state index contributed by atoms with van der Waals surface area (Å²) in [5, 5.41) is 15.4. The molecule has 1 aliphatic rings. The third-order valence-electron chi connectivity index (χ3n) is 4.82. The minimum absolute atomic E-state index is 0.000432. The first kappa shape index (κ1) is 18.9. The van der Waals surface area contributed by atoms with Gasteiger partial charge in [-0.05, 0) is 35.6 Å². The van der Waals surface area contributed by atoms with Crippen molar-refractivity contribution in [3.63, 3.8) is 0 Å². The van der Waals surface area contributed by atoms with Crippen LogP contribution in [0.4, 0.5) is 5.69 Å². The van der Waals surface area contributed by atoms with Gasteiger partial charge >= 0.3 is 11.8 Å². The van der Waals surface area contributed by atoms with E-state index < -0.39 is 17.9 Å². The van der Waals surface area contributed by atoms with Gasteiger partial charge in [-0.3, -0.25) is 9.59 Å². The third kappa shape index (κ3) is 4.86. The van der Waals surface area contributed by atoms with Gasteiger partial charge in [0, 0.05) is 32.4 Å². The topological polar surface area (TPSA) is 81.7 Å². The molecule has 6 nitrogen and oxygen atoms in total. The summed E-state index contributed by atoms with van der Waals surface area (Å²) in [5.74, 6) is -1.42. The lowest BCUT2D eigenvalue weighted by Crippen LogP contribution is -2.42. The van der Waals surface area contributed by atoms with Crippen molar-refractivity contribution >= 4 is 17.5 Å². The Labute approximate surface area is 159 Å². The van der Waals surface area contributed by atoms with Gasteiger partial charge in [0.15, 0.2) is 0 Å². The molecule has 1 unspecified atom stereocenters. The Morgan fingerprint density at radius 1 is 1.11 bits per heavy atom. The first-order valence-electron chi connectivity index (χ1n) is 9.16. The largest absolute Gasteiger partial charge is 0.387 e. The second kappa shape index (κ2) is 8.68. The van der Waals surface area contributed by atoms with Crippen molar-refractivity contribution in [2.24, 2.45) is 0 Å². The number of hydrogen-bond acceptors (Lipinski definition) is 4. The number of nitrogens with one attached hydrogen (secondary N) is 2. The van der Waals surface area contributed by atoms with Crippen LogP contribution in [0.1, 0.15) is 22.8 Å². The summed E-state index contributed by atoms with van der Waals surface area (Å²) in [4.78, 5) is 25.9. The van der Waals surface area contributed by atoms with Gasteiger partial charge < -0.3 is 20.6 Å². The Balaban J connectivity index is 1.43. The minimum atomic E-state index is -0.845. The maximum atomic E-state index is 11.9. The van der Waals surface area contributed by atoms with E-state index in [0.29, 0.717) is 13.0 Å². The van der Waals surface area contributed by atoms with E-state index in [2.05, 4.69) is 15.5 Å². The minimum Gasteiger partial charge on any atom is -0.387 e. The van der Waals surface area contributed by atoms with Crippen LogP contribution in [0.25, 0.3) is 0 Å². The van der Waals surface area contributed by atoms with Gasteiger partial charge in [0.1, 0.15) is 0 Å². The van der Waals surface area contributed by atoms with Crippen molar-refractivity contribution in [3.8, 4) is 0 Å². The Bertz CT molecular complexity index is 808. The number of benzene rings is 2. The molecule has 6 heteroatoms. The van der Waals surface area contributed by atoms with Crippen molar-refractivity contribution in [1.29, 1.82) is 0 Å². The number of fused-ring (bicyclic) bond motifs is 1. The van der Waals surface area contributed by atoms with Gasteiger partial charge in [-0.2, -0.15) is 0 Å². The molecule has 0 bridgehead atoms. The van der Waals surface area contributed by atoms with E-state index in [-0.39, 0.29) is 6.54 Å². The molecular formula is C21H25N3O3. The summed E-state index contributed by atoms with van der Waals surface area (Å²) in [6, 6.07) is 15.5. The average Bonchev–Trinajstić information content (AvgIpc) is 3.06. The fourth-order valence-electron chi connectivity index (χ4n) is 3.23. The Kier molecular flexibility index (Phi) is 6.08. The van der Waals surface area contributed by atoms with Crippen LogP contribution >= 0.6 is 0 Å². The number of carbonyl (C=O) groups excluding carboxylic acids is 2.